The number of rotatable bonds is 2. The number of hydrogen-bond donors (Lipinski definition) is 1. The van der Waals surface area contributed by atoms with Gasteiger partial charge in [0.15, 0.2) is 12.4 Å². The lowest BCUT2D eigenvalue weighted by molar-refractivity contribution is -0.118. The standard InChI is InChI=1S/C15H9Cl2NO3/c16-10-4-2-1-3-8(10)15(20)9-5-13-12(6-11(9)17)18-14(19)7-21-13/h1-6H,7H2,(H,18,19). The zero-order valence-corrected chi connectivity index (χ0v) is 12.2. The number of anilines is 1. The van der Waals surface area contributed by atoms with E-state index < -0.39 is 0 Å². The van der Waals surface area contributed by atoms with Crippen molar-refractivity contribution in [3.63, 3.8) is 0 Å². The van der Waals surface area contributed by atoms with Crippen molar-refractivity contribution in [2.24, 2.45) is 0 Å². The van der Waals surface area contributed by atoms with Crippen LogP contribution < -0.4 is 10.1 Å². The monoisotopic (exact) mass is 321 g/mol. The molecule has 0 fully saturated rings. The molecule has 6 heteroatoms. The third-order valence-corrected chi connectivity index (χ3v) is 3.71. The summed E-state index contributed by atoms with van der Waals surface area (Å²) >= 11 is 12.2. The summed E-state index contributed by atoms with van der Waals surface area (Å²) < 4.78 is 5.29. The minimum absolute atomic E-state index is 0.0889. The van der Waals surface area contributed by atoms with Gasteiger partial charge in [-0.25, -0.2) is 0 Å². The van der Waals surface area contributed by atoms with Gasteiger partial charge in [0.1, 0.15) is 5.75 Å². The summed E-state index contributed by atoms with van der Waals surface area (Å²) in [5, 5.41) is 3.21. The van der Waals surface area contributed by atoms with E-state index in [4.69, 9.17) is 27.9 Å². The Morgan fingerprint density at radius 1 is 1.10 bits per heavy atom. The molecular weight excluding hydrogens is 313 g/mol. The predicted molar refractivity (Wildman–Crippen MR) is 80.5 cm³/mol. The van der Waals surface area contributed by atoms with Crippen molar-refractivity contribution < 1.29 is 14.3 Å². The molecule has 1 heterocycles. The molecule has 0 aliphatic carbocycles. The number of ether oxygens (including phenoxy) is 1. The molecule has 2 aromatic rings. The van der Waals surface area contributed by atoms with Crippen LogP contribution in [0.25, 0.3) is 0 Å². The predicted octanol–water partition coefficient (Wildman–Crippen LogP) is 3.56. The fourth-order valence-corrected chi connectivity index (χ4v) is 2.54. The number of ketones is 1. The van der Waals surface area contributed by atoms with E-state index in [9.17, 15) is 9.59 Å². The molecule has 0 atom stereocenters. The van der Waals surface area contributed by atoms with E-state index in [0.29, 0.717) is 22.0 Å². The molecule has 0 spiro atoms. The van der Waals surface area contributed by atoms with Crippen LogP contribution >= 0.6 is 23.2 Å². The SMILES string of the molecule is O=C1COc2cc(C(=O)c3ccccc3Cl)c(Cl)cc2N1. The maximum Gasteiger partial charge on any atom is 0.262 e. The number of carbonyl (C=O) groups excluding carboxylic acids is 2. The Morgan fingerprint density at radius 3 is 2.62 bits per heavy atom. The Balaban J connectivity index is 2.05. The second-order valence-electron chi connectivity index (χ2n) is 4.47. The summed E-state index contributed by atoms with van der Waals surface area (Å²) in [5.74, 6) is -0.146. The number of nitrogens with one attached hydrogen (secondary N) is 1. The van der Waals surface area contributed by atoms with E-state index in [1.807, 2.05) is 0 Å². The highest BCUT2D eigenvalue weighted by Gasteiger charge is 2.22. The second-order valence-corrected chi connectivity index (χ2v) is 5.29. The second kappa shape index (κ2) is 5.39. The Kier molecular flexibility index (Phi) is 3.57. The van der Waals surface area contributed by atoms with Crippen LogP contribution in [0, 0.1) is 0 Å². The van der Waals surface area contributed by atoms with Crippen molar-refractivity contribution in [3.8, 4) is 5.75 Å². The first-order valence-electron chi connectivity index (χ1n) is 6.11. The summed E-state index contributed by atoms with van der Waals surface area (Å²) in [7, 11) is 0. The van der Waals surface area contributed by atoms with Gasteiger partial charge in [0, 0.05) is 11.1 Å². The molecule has 3 rings (SSSR count). The van der Waals surface area contributed by atoms with Crippen LogP contribution in [-0.2, 0) is 4.79 Å². The molecule has 0 saturated carbocycles. The molecule has 0 radical (unpaired) electrons. The number of carbonyl (C=O) groups is 2. The smallest absolute Gasteiger partial charge is 0.262 e. The average Bonchev–Trinajstić information content (AvgIpc) is 2.46. The molecule has 0 saturated heterocycles. The first kappa shape index (κ1) is 13.9. The Morgan fingerprint density at radius 2 is 1.86 bits per heavy atom. The van der Waals surface area contributed by atoms with Crippen molar-refractivity contribution in [1.82, 2.24) is 0 Å². The number of hydrogen-bond acceptors (Lipinski definition) is 3. The van der Waals surface area contributed by atoms with Gasteiger partial charge in [-0.15, -0.1) is 0 Å². The van der Waals surface area contributed by atoms with Gasteiger partial charge >= 0.3 is 0 Å². The molecule has 1 aliphatic rings. The van der Waals surface area contributed by atoms with Gasteiger partial charge in [-0.3, -0.25) is 9.59 Å². The minimum Gasteiger partial charge on any atom is -0.482 e. The van der Waals surface area contributed by atoms with Gasteiger partial charge in [-0.2, -0.15) is 0 Å². The highest BCUT2D eigenvalue weighted by molar-refractivity contribution is 6.38. The van der Waals surface area contributed by atoms with Crippen LogP contribution in [-0.4, -0.2) is 18.3 Å². The van der Waals surface area contributed by atoms with E-state index >= 15 is 0 Å². The van der Waals surface area contributed by atoms with E-state index in [1.165, 1.54) is 12.1 Å². The maximum atomic E-state index is 12.5. The quantitative estimate of drug-likeness (QED) is 0.860. The number of halogens is 2. The molecule has 0 bridgehead atoms. The zero-order valence-electron chi connectivity index (χ0n) is 10.7. The number of benzene rings is 2. The topological polar surface area (TPSA) is 55.4 Å². The van der Waals surface area contributed by atoms with Crippen LogP contribution in [0.15, 0.2) is 36.4 Å². The van der Waals surface area contributed by atoms with E-state index in [0.717, 1.165) is 0 Å². The van der Waals surface area contributed by atoms with E-state index in [1.54, 1.807) is 24.3 Å². The maximum absolute atomic E-state index is 12.5. The fraction of sp³-hybridized carbons (Fsp3) is 0.0667. The number of amides is 1. The molecule has 0 aromatic heterocycles. The van der Waals surface area contributed by atoms with Gasteiger partial charge in [0.25, 0.3) is 5.91 Å². The average molecular weight is 322 g/mol. The number of fused-ring (bicyclic) bond motifs is 1. The van der Waals surface area contributed by atoms with E-state index in [2.05, 4.69) is 5.32 Å². The Labute approximate surface area is 130 Å². The molecule has 0 unspecified atom stereocenters. The van der Waals surface area contributed by atoms with Gasteiger partial charge in [-0.05, 0) is 24.3 Å². The fourth-order valence-electron chi connectivity index (χ4n) is 2.06. The molecule has 4 nitrogen and oxygen atoms in total. The molecule has 1 N–H and O–H groups in total. The van der Waals surface area contributed by atoms with Crippen LogP contribution in [0.5, 0.6) is 5.75 Å². The first-order valence-corrected chi connectivity index (χ1v) is 6.87. The molecule has 1 amide bonds. The van der Waals surface area contributed by atoms with Crippen molar-refractivity contribution >= 4 is 40.6 Å². The zero-order chi connectivity index (χ0) is 15.0. The summed E-state index contributed by atoms with van der Waals surface area (Å²) in [4.78, 5) is 23.8. The third kappa shape index (κ3) is 2.60. The summed E-state index contributed by atoms with van der Waals surface area (Å²) in [6.45, 7) is -0.0889. The largest absolute Gasteiger partial charge is 0.482 e. The summed E-state index contributed by atoms with van der Waals surface area (Å²) in [6, 6.07) is 9.75. The van der Waals surface area contributed by atoms with Crippen LogP contribution in [0.2, 0.25) is 10.0 Å². The molecule has 2 aromatic carbocycles. The molecule has 21 heavy (non-hydrogen) atoms. The van der Waals surface area contributed by atoms with Gasteiger partial charge in [0.05, 0.1) is 15.7 Å². The van der Waals surface area contributed by atoms with Crippen molar-refractivity contribution in [2.45, 2.75) is 0 Å². The minimum atomic E-state index is -0.297. The van der Waals surface area contributed by atoms with Crippen LogP contribution in [0.4, 0.5) is 5.69 Å². The third-order valence-electron chi connectivity index (χ3n) is 3.07. The van der Waals surface area contributed by atoms with Crippen LogP contribution in [0.1, 0.15) is 15.9 Å². The Hall–Kier alpha value is -2.04. The highest BCUT2D eigenvalue weighted by Crippen LogP contribution is 2.35. The van der Waals surface area contributed by atoms with Gasteiger partial charge < -0.3 is 10.1 Å². The summed E-state index contributed by atoms with van der Waals surface area (Å²) in [5.41, 5.74) is 1.09. The molecular formula is C15H9Cl2NO3. The van der Waals surface area contributed by atoms with Gasteiger partial charge in [-0.1, -0.05) is 35.3 Å². The first-order chi connectivity index (χ1) is 10.1. The Bertz CT molecular complexity index is 759. The van der Waals surface area contributed by atoms with Gasteiger partial charge in [0.2, 0.25) is 0 Å². The van der Waals surface area contributed by atoms with Crippen LogP contribution in [0.3, 0.4) is 0 Å². The lowest BCUT2D eigenvalue weighted by Gasteiger charge is -2.19. The highest BCUT2D eigenvalue weighted by atomic mass is 35.5. The normalized spacial score (nSPS) is 13.1. The molecule has 106 valence electrons. The lowest BCUT2D eigenvalue weighted by Crippen LogP contribution is -2.25. The van der Waals surface area contributed by atoms with Crippen molar-refractivity contribution in [3.05, 3.63) is 57.6 Å². The van der Waals surface area contributed by atoms with Crippen molar-refractivity contribution in [2.75, 3.05) is 11.9 Å². The van der Waals surface area contributed by atoms with Crippen molar-refractivity contribution in [1.29, 1.82) is 0 Å². The molecule has 1 aliphatic heterocycles. The lowest BCUT2D eigenvalue weighted by atomic mass is 10.0. The van der Waals surface area contributed by atoms with E-state index in [-0.39, 0.29) is 28.9 Å². The summed E-state index contributed by atoms with van der Waals surface area (Å²) in [6.07, 6.45) is 0.